The Morgan fingerprint density at radius 2 is 2.07 bits per heavy atom. The SMILES string of the molecule is CCc1ccc(CN=Cc2nc(OCCNC)nc(N3CCOCC3)n2)s1. The number of thiophene rings is 1. The lowest BCUT2D eigenvalue weighted by molar-refractivity contribution is 0.122. The number of hydrogen-bond donors (Lipinski definition) is 1. The van der Waals surface area contributed by atoms with Crippen molar-refractivity contribution in [1.29, 1.82) is 0 Å². The van der Waals surface area contributed by atoms with Crippen molar-refractivity contribution >= 4 is 23.5 Å². The number of nitrogens with zero attached hydrogens (tertiary/aromatic N) is 5. The molecular formula is C18H26N6O2S. The standard InChI is InChI=1S/C18H26N6O2S/c1-3-14-4-5-15(27-14)12-20-13-16-21-17(24-7-10-25-11-8-24)23-18(22-16)26-9-6-19-2/h4-5,13,19H,3,6-12H2,1-2H3. The quantitative estimate of drug-likeness (QED) is 0.514. The highest BCUT2D eigenvalue weighted by Crippen LogP contribution is 2.18. The van der Waals surface area contributed by atoms with Crippen LogP contribution in [-0.2, 0) is 17.7 Å². The molecule has 3 heterocycles. The zero-order valence-corrected chi connectivity index (χ0v) is 16.7. The predicted octanol–water partition coefficient (Wildman–Crippen LogP) is 1.55. The molecule has 0 saturated carbocycles. The van der Waals surface area contributed by atoms with Crippen molar-refractivity contribution in [2.24, 2.45) is 4.99 Å². The van der Waals surface area contributed by atoms with Gasteiger partial charge in [0.05, 0.1) is 26.0 Å². The van der Waals surface area contributed by atoms with Crippen molar-refractivity contribution in [3.05, 3.63) is 27.7 Å². The summed E-state index contributed by atoms with van der Waals surface area (Å²) in [6, 6.07) is 4.61. The zero-order valence-electron chi connectivity index (χ0n) is 15.8. The Morgan fingerprint density at radius 3 is 2.81 bits per heavy atom. The van der Waals surface area contributed by atoms with Gasteiger partial charge in [0, 0.05) is 29.4 Å². The summed E-state index contributed by atoms with van der Waals surface area (Å²) in [6.45, 7) is 6.85. The molecule has 3 rings (SSSR count). The third-order valence-electron chi connectivity index (χ3n) is 4.02. The summed E-state index contributed by atoms with van der Waals surface area (Å²) in [7, 11) is 1.88. The van der Waals surface area contributed by atoms with Crippen LogP contribution in [-0.4, -0.2) is 67.7 Å². The summed E-state index contributed by atoms with van der Waals surface area (Å²) in [6.07, 6.45) is 2.75. The summed E-state index contributed by atoms with van der Waals surface area (Å²) in [5.74, 6) is 1.12. The monoisotopic (exact) mass is 390 g/mol. The van der Waals surface area contributed by atoms with E-state index in [1.165, 1.54) is 9.75 Å². The van der Waals surface area contributed by atoms with E-state index in [9.17, 15) is 0 Å². The number of morpholine rings is 1. The molecule has 0 radical (unpaired) electrons. The van der Waals surface area contributed by atoms with Crippen molar-refractivity contribution in [2.45, 2.75) is 19.9 Å². The predicted molar refractivity (Wildman–Crippen MR) is 107 cm³/mol. The van der Waals surface area contributed by atoms with Crippen LogP contribution in [0.15, 0.2) is 17.1 Å². The molecule has 2 aromatic heterocycles. The van der Waals surface area contributed by atoms with Crippen LogP contribution in [0.1, 0.15) is 22.5 Å². The maximum atomic E-state index is 5.66. The Morgan fingerprint density at radius 1 is 1.26 bits per heavy atom. The van der Waals surface area contributed by atoms with Gasteiger partial charge in [-0.15, -0.1) is 11.3 Å². The number of likely N-dealkylation sites (N-methyl/N-ethyl adjacent to an activating group) is 1. The summed E-state index contributed by atoms with van der Waals surface area (Å²) < 4.78 is 11.1. The normalized spacial score (nSPS) is 14.8. The smallest absolute Gasteiger partial charge is 0.321 e. The van der Waals surface area contributed by atoms with Gasteiger partial charge in [-0.2, -0.15) is 15.0 Å². The highest BCUT2D eigenvalue weighted by atomic mass is 32.1. The van der Waals surface area contributed by atoms with E-state index in [1.54, 1.807) is 17.6 Å². The molecule has 2 aromatic rings. The molecule has 9 heteroatoms. The average Bonchev–Trinajstić information content (AvgIpc) is 3.17. The fraction of sp³-hybridized carbons (Fsp3) is 0.556. The van der Waals surface area contributed by atoms with Crippen molar-refractivity contribution in [2.75, 3.05) is 51.4 Å². The number of aryl methyl sites for hydroxylation is 1. The molecule has 0 unspecified atom stereocenters. The van der Waals surface area contributed by atoms with E-state index >= 15 is 0 Å². The lowest BCUT2D eigenvalue weighted by atomic mass is 10.4. The van der Waals surface area contributed by atoms with Gasteiger partial charge in [0.25, 0.3) is 0 Å². The van der Waals surface area contributed by atoms with Crippen LogP contribution in [0, 0.1) is 0 Å². The molecule has 0 aromatic carbocycles. The molecule has 0 atom stereocenters. The molecular weight excluding hydrogens is 364 g/mol. The molecule has 1 saturated heterocycles. The molecule has 8 nitrogen and oxygen atoms in total. The first-order valence-electron chi connectivity index (χ1n) is 9.22. The van der Waals surface area contributed by atoms with Crippen molar-refractivity contribution in [3.8, 4) is 6.01 Å². The average molecular weight is 391 g/mol. The van der Waals surface area contributed by atoms with Crippen LogP contribution in [0.4, 0.5) is 5.95 Å². The minimum Gasteiger partial charge on any atom is -0.462 e. The Kier molecular flexibility index (Phi) is 7.49. The molecule has 1 fully saturated rings. The van der Waals surface area contributed by atoms with Gasteiger partial charge in [-0.1, -0.05) is 6.92 Å². The molecule has 1 aliphatic rings. The number of ether oxygens (including phenoxy) is 2. The van der Waals surface area contributed by atoms with Gasteiger partial charge in [-0.05, 0) is 25.6 Å². The second kappa shape index (κ2) is 10.3. The van der Waals surface area contributed by atoms with E-state index < -0.39 is 0 Å². The van der Waals surface area contributed by atoms with E-state index in [0.29, 0.717) is 44.1 Å². The van der Waals surface area contributed by atoms with Crippen LogP contribution in [0.2, 0.25) is 0 Å². The molecule has 0 aliphatic carbocycles. The second-order valence-corrected chi connectivity index (χ2v) is 7.27. The molecule has 27 heavy (non-hydrogen) atoms. The van der Waals surface area contributed by atoms with Gasteiger partial charge in [-0.3, -0.25) is 4.99 Å². The summed E-state index contributed by atoms with van der Waals surface area (Å²) in [5.41, 5.74) is 0. The maximum absolute atomic E-state index is 5.66. The Hall–Kier alpha value is -2.10. The third kappa shape index (κ3) is 5.95. The number of aromatic nitrogens is 3. The van der Waals surface area contributed by atoms with E-state index in [-0.39, 0.29) is 0 Å². The minimum absolute atomic E-state index is 0.326. The maximum Gasteiger partial charge on any atom is 0.321 e. The number of aliphatic imine (C=N–C) groups is 1. The molecule has 0 bridgehead atoms. The number of hydrogen-bond acceptors (Lipinski definition) is 9. The van der Waals surface area contributed by atoms with Crippen LogP contribution in [0.25, 0.3) is 0 Å². The number of anilines is 1. The van der Waals surface area contributed by atoms with Gasteiger partial charge in [-0.25, -0.2) is 0 Å². The fourth-order valence-corrected chi connectivity index (χ4v) is 3.44. The molecule has 1 N–H and O–H groups in total. The zero-order chi connectivity index (χ0) is 18.9. The van der Waals surface area contributed by atoms with Crippen LogP contribution in [0.3, 0.4) is 0 Å². The van der Waals surface area contributed by atoms with E-state index in [2.05, 4.69) is 49.2 Å². The first kappa shape index (κ1) is 19.7. The van der Waals surface area contributed by atoms with Crippen molar-refractivity contribution < 1.29 is 9.47 Å². The highest BCUT2D eigenvalue weighted by Gasteiger charge is 2.16. The molecule has 1 aliphatic heterocycles. The van der Waals surface area contributed by atoms with Crippen LogP contribution < -0.4 is 15.0 Å². The second-order valence-electron chi connectivity index (χ2n) is 6.02. The van der Waals surface area contributed by atoms with Crippen LogP contribution in [0.5, 0.6) is 6.01 Å². The topological polar surface area (TPSA) is 84.8 Å². The lowest BCUT2D eigenvalue weighted by Crippen LogP contribution is -2.37. The highest BCUT2D eigenvalue weighted by molar-refractivity contribution is 7.11. The number of rotatable bonds is 9. The fourth-order valence-electron chi connectivity index (χ4n) is 2.55. The van der Waals surface area contributed by atoms with E-state index in [4.69, 9.17) is 9.47 Å². The molecule has 0 amide bonds. The first-order chi connectivity index (χ1) is 13.3. The summed E-state index contributed by atoms with van der Waals surface area (Å²) in [4.78, 5) is 22.6. The van der Waals surface area contributed by atoms with Gasteiger partial charge in [0.1, 0.15) is 6.61 Å². The van der Waals surface area contributed by atoms with Gasteiger partial charge in [0.15, 0.2) is 5.82 Å². The Labute approximate surface area is 163 Å². The van der Waals surface area contributed by atoms with Gasteiger partial charge in [0.2, 0.25) is 5.95 Å². The van der Waals surface area contributed by atoms with Crippen molar-refractivity contribution in [3.63, 3.8) is 0 Å². The lowest BCUT2D eigenvalue weighted by Gasteiger charge is -2.26. The van der Waals surface area contributed by atoms with E-state index in [1.807, 2.05) is 7.05 Å². The largest absolute Gasteiger partial charge is 0.462 e. The summed E-state index contributed by atoms with van der Waals surface area (Å²) in [5, 5.41) is 3.04. The number of nitrogens with one attached hydrogen (secondary N) is 1. The minimum atomic E-state index is 0.326. The molecule has 146 valence electrons. The third-order valence-corrected chi connectivity index (χ3v) is 5.23. The Bertz CT molecular complexity index is 745. The first-order valence-corrected chi connectivity index (χ1v) is 10.0. The summed E-state index contributed by atoms with van der Waals surface area (Å²) >= 11 is 1.79. The molecule has 0 spiro atoms. The van der Waals surface area contributed by atoms with Crippen molar-refractivity contribution in [1.82, 2.24) is 20.3 Å². The van der Waals surface area contributed by atoms with E-state index in [0.717, 1.165) is 26.1 Å². The Balaban J connectivity index is 1.72. The van der Waals surface area contributed by atoms with Gasteiger partial charge >= 0.3 is 6.01 Å². The van der Waals surface area contributed by atoms with Gasteiger partial charge < -0.3 is 19.7 Å². The van der Waals surface area contributed by atoms with Crippen LogP contribution >= 0.6 is 11.3 Å².